The van der Waals surface area contributed by atoms with Crippen molar-refractivity contribution in [3.63, 3.8) is 0 Å². The van der Waals surface area contributed by atoms with Crippen molar-refractivity contribution in [3.05, 3.63) is 64.4 Å². The Morgan fingerprint density at radius 2 is 1.40 bits per heavy atom. The number of halogens is 1. The van der Waals surface area contributed by atoms with Crippen LogP contribution >= 0.6 is 15.9 Å². The molecular formula is C19H25BrNO3Si+. The van der Waals surface area contributed by atoms with E-state index in [1.54, 1.807) is 21.3 Å². The molecule has 0 aliphatic heterocycles. The first-order valence-corrected chi connectivity index (χ1v) is 10.9. The van der Waals surface area contributed by atoms with Crippen LogP contribution in [-0.2, 0) is 19.8 Å². The summed E-state index contributed by atoms with van der Waals surface area (Å²) in [5, 5.41) is 0. The third kappa shape index (κ3) is 6.16. The zero-order valence-corrected chi connectivity index (χ0v) is 17.5. The summed E-state index contributed by atoms with van der Waals surface area (Å²) < 4.78 is 19.6. The molecule has 0 saturated carbocycles. The highest BCUT2D eigenvalue weighted by atomic mass is 79.9. The fourth-order valence-electron chi connectivity index (χ4n) is 2.53. The van der Waals surface area contributed by atoms with Gasteiger partial charge in [-0.15, -0.1) is 0 Å². The van der Waals surface area contributed by atoms with Crippen molar-refractivity contribution >= 4 is 36.9 Å². The quantitative estimate of drug-likeness (QED) is 0.448. The van der Waals surface area contributed by atoms with E-state index in [-0.39, 0.29) is 0 Å². The van der Waals surface area contributed by atoms with Crippen LogP contribution in [0.3, 0.4) is 0 Å². The lowest BCUT2D eigenvalue weighted by Crippen LogP contribution is -2.44. The van der Waals surface area contributed by atoms with E-state index in [0.717, 1.165) is 23.5 Å². The van der Waals surface area contributed by atoms with Gasteiger partial charge in [-0.05, 0) is 23.3 Å². The standard InChI is InChI=1S/C19H25BrNO3Si/c1-22-25(23-2,24-3)16-4-13-21-14-11-18(12-15-21)6-5-17-7-9-19(20)10-8-17/h5-12,14-15H,4,13,16H2,1-3H3/q+1/b6-5+. The van der Waals surface area contributed by atoms with Crippen molar-refractivity contribution in [2.24, 2.45) is 0 Å². The number of aryl methyl sites for hydroxylation is 1. The first-order valence-electron chi connectivity index (χ1n) is 8.19. The SMILES string of the molecule is CO[Si](CCC[n+]1ccc(/C=C/c2ccc(Br)cc2)cc1)(OC)OC. The van der Waals surface area contributed by atoms with E-state index < -0.39 is 8.80 Å². The minimum Gasteiger partial charge on any atom is -0.377 e. The Kier molecular flexibility index (Phi) is 7.99. The molecule has 0 bridgehead atoms. The van der Waals surface area contributed by atoms with E-state index >= 15 is 0 Å². The van der Waals surface area contributed by atoms with Crippen LogP contribution in [0.2, 0.25) is 6.04 Å². The van der Waals surface area contributed by atoms with Gasteiger partial charge in [0.05, 0.1) is 0 Å². The molecule has 6 heteroatoms. The van der Waals surface area contributed by atoms with Crippen molar-refractivity contribution in [3.8, 4) is 0 Å². The minimum atomic E-state index is -2.46. The monoisotopic (exact) mass is 422 g/mol. The van der Waals surface area contributed by atoms with Crippen LogP contribution in [0.5, 0.6) is 0 Å². The number of benzene rings is 1. The molecule has 0 N–H and O–H groups in total. The maximum Gasteiger partial charge on any atom is 0.500 e. The summed E-state index contributed by atoms with van der Waals surface area (Å²) in [6.45, 7) is 0.904. The van der Waals surface area contributed by atoms with Gasteiger partial charge in [-0.1, -0.05) is 40.2 Å². The molecule has 1 aromatic carbocycles. The van der Waals surface area contributed by atoms with Gasteiger partial charge in [0.2, 0.25) is 0 Å². The van der Waals surface area contributed by atoms with Gasteiger partial charge in [0.1, 0.15) is 6.54 Å². The Hall–Kier alpha value is -1.31. The maximum absolute atomic E-state index is 5.45. The second kappa shape index (κ2) is 9.99. The van der Waals surface area contributed by atoms with Crippen molar-refractivity contribution < 1.29 is 17.8 Å². The van der Waals surface area contributed by atoms with Gasteiger partial charge in [-0.25, -0.2) is 4.57 Å². The summed E-state index contributed by atoms with van der Waals surface area (Å²) in [7, 11) is 2.49. The average Bonchev–Trinajstić information content (AvgIpc) is 2.66. The topological polar surface area (TPSA) is 31.6 Å². The van der Waals surface area contributed by atoms with Gasteiger partial charge >= 0.3 is 8.80 Å². The Bertz CT molecular complexity index is 662. The minimum absolute atomic E-state index is 0.800. The second-order valence-electron chi connectivity index (χ2n) is 5.65. The molecule has 0 fully saturated rings. The van der Waals surface area contributed by atoms with E-state index in [0.29, 0.717) is 0 Å². The highest BCUT2D eigenvalue weighted by molar-refractivity contribution is 9.10. The highest BCUT2D eigenvalue weighted by Crippen LogP contribution is 2.15. The summed E-state index contributed by atoms with van der Waals surface area (Å²) >= 11 is 3.45. The van der Waals surface area contributed by atoms with Crippen molar-refractivity contribution in [2.45, 2.75) is 19.0 Å². The van der Waals surface area contributed by atoms with E-state index in [1.807, 2.05) is 12.1 Å². The molecule has 0 aliphatic carbocycles. The molecule has 0 saturated heterocycles. The molecule has 2 aromatic rings. The Morgan fingerprint density at radius 1 is 0.880 bits per heavy atom. The van der Waals surface area contributed by atoms with Gasteiger partial charge < -0.3 is 13.3 Å². The lowest BCUT2D eigenvalue weighted by atomic mass is 10.1. The summed E-state index contributed by atoms with van der Waals surface area (Å²) in [5.41, 5.74) is 2.36. The zero-order chi connectivity index (χ0) is 18.1. The van der Waals surface area contributed by atoms with Crippen molar-refractivity contribution in [1.82, 2.24) is 0 Å². The first-order chi connectivity index (χ1) is 12.1. The molecule has 0 amide bonds. The van der Waals surface area contributed by atoms with Crippen LogP contribution in [0.25, 0.3) is 12.2 Å². The number of aromatic nitrogens is 1. The van der Waals surface area contributed by atoms with Crippen LogP contribution in [0.15, 0.2) is 53.3 Å². The summed E-state index contributed by atoms with van der Waals surface area (Å²) in [5.74, 6) is 0. The smallest absolute Gasteiger partial charge is 0.377 e. The van der Waals surface area contributed by atoms with Gasteiger partial charge in [0.25, 0.3) is 0 Å². The lowest BCUT2D eigenvalue weighted by molar-refractivity contribution is -0.697. The van der Waals surface area contributed by atoms with Gasteiger partial charge in [-0.2, -0.15) is 0 Å². The molecule has 0 spiro atoms. The number of nitrogens with zero attached hydrogens (tertiary/aromatic N) is 1. The number of rotatable bonds is 9. The van der Waals surface area contributed by atoms with Crippen molar-refractivity contribution in [2.75, 3.05) is 21.3 Å². The highest BCUT2D eigenvalue weighted by Gasteiger charge is 2.37. The largest absolute Gasteiger partial charge is 0.500 e. The summed E-state index contributed by atoms with van der Waals surface area (Å²) in [6.07, 6.45) is 9.36. The molecule has 0 unspecified atom stereocenters. The van der Waals surface area contributed by atoms with Crippen LogP contribution < -0.4 is 4.57 Å². The Labute approximate surface area is 159 Å². The predicted octanol–water partition coefficient (Wildman–Crippen LogP) is 4.18. The third-order valence-corrected chi connectivity index (χ3v) is 7.45. The number of pyridine rings is 1. The lowest BCUT2D eigenvalue weighted by Gasteiger charge is -2.23. The van der Waals surface area contributed by atoms with Crippen LogP contribution in [0.4, 0.5) is 0 Å². The van der Waals surface area contributed by atoms with Gasteiger partial charge in [0, 0.05) is 50.4 Å². The summed E-state index contributed by atoms with van der Waals surface area (Å²) in [4.78, 5) is 0. The van der Waals surface area contributed by atoms with Crippen LogP contribution in [0, 0.1) is 0 Å². The normalized spacial score (nSPS) is 12.0. The van der Waals surface area contributed by atoms with Gasteiger partial charge in [0.15, 0.2) is 12.4 Å². The zero-order valence-electron chi connectivity index (χ0n) is 14.9. The first kappa shape index (κ1) is 20.0. The van der Waals surface area contributed by atoms with E-state index in [1.165, 1.54) is 11.1 Å². The molecule has 1 heterocycles. The molecule has 25 heavy (non-hydrogen) atoms. The summed E-state index contributed by atoms with van der Waals surface area (Å²) in [6, 6.07) is 13.3. The molecular weight excluding hydrogens is 398 g/mol. The molecule has 0 radical (unpaired) electrons. The molecule has 0 atom stereocenters. The molecule has 4 nitrogen and oxygen atoms in total. The maximum atomic E-state index is 5.45. The molecule has 2 rings (SSSR count). The number of hydrogen-bond donors (Lipinski definition) is 0. The van der Waals surface area contributed by atoms with Crippen LogP contribution in [0.1, 0.15) is 17.5 Å². The third-order valence-electron chi connectivity index (χ3n) is 4.09. The predicted molar refractivity (Wildman–Crippen MR) is 106 cm³/mol. The fraction of sp³-hybridized carbons (Fsp3) is 0.316. The van der Waals surface area contributed by atoms with Crippen LogP contribution in [-0.4, -0.2) is 30.1 Å². The van der Waals surface area contributed by atoms with Gasteiger partial charge in [-0.3, -0.25) is 0 Å². The molecule has 1 aromatic heterocycles. The van der Waals surface area contributed by atoms with E-state index in [4.69, 9.17) is 13.3 Å². The van der Waals surface area contributed by atoms with Crippen molar-refractivity contribution in [1.29, 1.82) is 0 Å². The fourth-order valence-corrected chi connectivity index (χ4v) is 4.50. The average molecular weight is 423 g/mol. The van der Waals surface area contributed by atoms with E-state index in [2.05, 4.69) is 69.3 Å². The Balaban J connectivity index is 1.88. The second-order valence-corrected chi connectivity index (χ2v) is 9.66. The Morgan fingerprint density at radius 3 is 1.92 bits per heavy atom. The molecule has 0 aliphatic rings. The van der Waals surface area contributed by atoms with E-state index in [9.17, 15) is 0 Å². The molecule has 134 valence electrons. The number of hydrogen-bond acceptors (Lipinski definition) is 3.